The molecule has 0 N–H and O–H groups in total. The van der Waals surface area contributed by atoms with E-state index in [-0.39, 0.29) is 30.3 Å². The minimum atomic E-state index is 0.0117. The summed E-state index contributed by atoms with van der Waals surface area (Å²) in [6.45, 7) is 2.76. The van der Waals surface area contributed by atoms with Crippen LogP contribution in [0.4, 0.5) is 5.69 Å². The van der Waals surface area contributed by atoms with E-state index >= 15 is 0 Å². The Balaban J connectivity index is 1.62. The maximum atomic E-state index is 12.8. The van der Waals surface area contributed by atoms with Crippen molar-refractivity contribution in [3.8, 4) is 0 Å². The number of para-hydroxylation sites is 1. The summed E-state index contributed by atoms with van der Waals surface area (Å²) in [7, 11) is 0. The molecule has 1 saturated heterocycles. The predicted octanol–water partition coefficient (Wildman–Crippen LogP) is 3.19. The Morgan fingerprint density at radius 3 is 2.42 bits per heavy atom. The van der Waals surface area contributed by atoms with Crippen molar-refractivity contribution < 1.29 is 9.59 Å². The fraction of sp³-hybridized carbons (Fsp3) is 0.364. The molecular weight excluding hydrogens is 324 g/mol. The summed E-state index contributed by atoms with van der Waals surface area (Å²) in [5.41, 5.74) is 3.24. The molecule has 0 unspecified atom stereocenters. The van der Waals surface area contributed by atoms with Crippen LogP contribution in [-0.4, -0.2) is 35.8 Å². The molecule has 0 spiro atoms. The normalized spacial score (nSPS) is 20.3. The molecule has 0 radical (unpaired) electrons. The van der Waals surface area contributed by atoms with Crippen molar-refractivity contribution in [1.82, 2.24) is 4.90 Å². The second-order valence-electron chi connectivity index (χ2n) is 7.37. The van der Waals surface area contributed by atoms with Gasteiger partial charge in [-0.3, -0.25) is 9.59 Å². The SMILES string of the molecule is Cc1ccccc1N1C[C@@H](Cc2ccccc2)N(C(=O)C2CC2)CC1=O. The number of rotatable bonds is 4. The van der Waals surface area contributed by atoms with Crippen LogP contribution >= 0.6 is 0 Å². The third-order valence-electron chi connectivity index (χ3n) is 5.37. The molecule has 4 heteroatoms. The molecule has 134 valence electrons. The molecule has 1 saturated carbocycles. The van der Waals surface area contributed by atoms with Gasteiger partial charge in [0.2, 0.25) is 11.8 Å². The van der Waals surface area contributed by atoms with Crippen LogP contribution in [0.2, 0.25) is 0 Å². The first kappa shape index (κ1) is 16.8. The van der Waals surface area contributed by atoms with Gasteiger partial charge in [0, 0.05) is 18.2 Å². The molecule has 1 aliphatic carbocycles. The first-order chi connectivity index (χ1) is 12.6. The average molecular weight is 348 g/mol. The van der Waals surface area contributed by atoms with Crippen LogP contribution in [0.5, 0.6) is 0 Å². The lowest BCUT2D eigenvalue weighted by Crippen LogP contribution is -2.59. The second-order valence-corrected chi connectivity index (χ2v) is 7.37. The number of aryl methyl sites for hydroxylation is 1. The van der Waals surface area contributed by atoms with Crippen LogP contribution in [0.25, 0.3) is 0 Å². The number of hydrogen-bond donors (Lipinski definition) is 0. The molecule has 2 fully saturated rings. The topological polar surface area (TPSA) is 40.6 Å². The Morgan fingerprint density at radius 1 is 1.04 bits per heavy atom. The molecule has 1 aliphatic heterocycles. The van der Waals surface area contributed by atoms with E-state index < -0.39 is 0 Å². The van der Waals surface area contributed by atoms with Gasteiger partial charge in [-0.25, -0.2) is 0 Å². The second kappa shape index (κ2) is 6.94. The summed E-state index contributed by atoms with van der Waals surface area (Å²) in [6, 6.07) is 18.2. The smallest absolute Gasteiger partial charge is 0.246 e. The van der Waals surface area contributed by atoms with Crippen LogP contribution in [-0.2, 0) is 16.0 Å². The van der Waals surface area contributed by atoms with Crippen molar-refractivity contribution in [2.24, 2.45) is 5.92 Å². The molecule has 1 atom stereocenters. The molecule has 0 aromatic heterocycles. The molecule has 26 heavy (non-hydrogen) atoms. The summed E-state index contributed by atoms with van der Waals surface area (Å²) in [4.78, 5) is 29.3. The Hall–Kier alpha value is -2.62. The third-order valence-corrected chi connectivity index (χ3v) is 5.37. The van der Waals surface area contributed by atoms with E-state index in [1.165, 1.54) is 5.56 Å². The lowest BCUT2D eigenvalue weighted by Gasteiger charge is -2.41. The highest BCUT2D eigenvalue weighted by atomic mass is 16.2. The molecule has 2 aliphatic rings. The van der Waals surface area contributed by atoms with E-state index in [1.807, 2.05) is 59.2 Å². The number of carbonyl (C=O) groups excluding carboxylic acids is 2. The van der Waals surface area contributed by atoms with E-state index in [9.17, 15) is 9.59 Å². The van der Waals surface area contributed by atoms with Gasteiger partial charge in [-0.05, 0) is 43.4 Å². The lowest BCUT2D eigenvalue weighted by atomic mass is 10.00. The highest BCUT2D eigenvalue weighted by Crippen LogP contribution is 2.33. The molecule has 4 rings (SSSR count). The molecule has 1 heterocycles. The maximum absolute atomic E-state index is 12.8. The molecule has 2 aromatic carbocycles. The van der Waals surface area contributed by atoms with Gasteiger partial charge in [0.05, 0.1) is 6.04 Å². The minimum absolute atomic E-state index is 0.0117. The molecular formula is C22H24N2O2. The highest BCUT2D eigenvalue weighted by molar-refractivity contribution is 5.99. The van der Waals surface area contributed by atoms with Gasteiger partial charge in [0.15, 0.2) is 0 Å². The summed E-state index contributed by atoms with van der Waals surface area (Å²) in [5, 5.41) is 0. The van der Waals surface area contributed by atoms with Gasteiger partial charge in [-0.2, -0.15) is 0 Å². The summed E-state index contributed by atoms with van der Waals surface area (Å²) >= 11 is 0. The number of benzene rings is 2. The lowest BCUT2D eigenvalue weighted by molar-refractivity contribution is -0.140. The highest BCUT2D eigenvalue weighted by Gasteiger charge is 2.41. The van der Waals surface area contributed by atoms with Crippen LogP contribution in [0.3, 0.4) is 0 Å². The number of carbonyl (C=O) groups is 2. The van der Waals surface area contributed by atoms with Gasteiger partial charge in [-0.15, -0.1) is 0 Å². The first-order valence-electron chi connectivity index (χ1n) is 9.34. The zero-order valence-corrected chi connectivity index (χ0v) is 15.1. The van der Waals surface area contributed by atoms with Crippen molar-refractivity contribution >= 4 is 17.5 Å². The van der Waals surface area contributed by atoms with Crippen molar-refractivity contribution in [2.75, 3.05) is 18.0 Å². The zero-order valence-electron chi connectivity index (χ0n) is 15.1. The van der Waals surface area contributed by atoms with Gasteiger partial charge in [0.25, 0.3) is 0 Å². The van der Waals surface area contributed by atoms with E-state index in [1.54, 1.807) is 0 Å². The predicted molar refractivity (Wildman–Crippen MR) is 102 cm³/mol. The van der Waals surface area contributed by atoms with Crippen molar-refractivity contribution in [3.63, 3.8) is 0 Å². The number of hydrogen-bond acceptors (Lipinski definition) is 2. The third kappa shape index (κ3) is 3.36. The summed E-state index contributed by atoms with van der Waals surface area (Å²) in [5.74, 6) is 0.299. The van der Waals surface area contributed by atoms with Crippen LogP contribution < -0.4 is 4.90 Å². The zero-order chi connectivity index (χ0) is 18.1. The number of amides is 2. The van der Waals surface area contributed by atoms with Crippen LogP contribution in [0.15, 0.2) is 54.6 Å². The van der Waals surface area contributed by atoms with Crippen LogP contribution in [0.1, 0.15) is 24.0 Å². The van der Waals surface area contributed by atoms with E-state index in [2.05, 4.69) is 12.1 Å². The molecule has 4 nitrogen and oxygen atoms in total. The fourth-order valence-electron chi connectivity index (χ4n) is 3.75. The first-order valence-corrected chi connectivity index (χ1v) is 9.34. The van der Waals surface area contributed by atoms with Crippen molar-refractivity contribution in [3.05, 3.63) is 65.7 Å². The minimum Gasteiger partial charge on any atom is -0.328 e. The van der Waals surface area contributed by atoms with E-state index in [0.717, 1.165) is 30.5 Å². The largest absolute Gasteiger partial charge is 0.328 e. The van der Waals surface area contributed by atoms with Gasteiger partial charge < -0.3 is 9.80 Å². The van der Waals surface area contributed by atoms with Crippen molar-refractivity contribution in [2.45, 2.75) is 32.2 Å². The Kier molecular flexibility index (Phi) is 4.49. The summed E-state index contributed by atoms with van der Waals surface area (Å²) < 4.78 is 0. The number of anilines is 1. The van der Waals surface area contributed by atoms with E-state index in [0.29, 0.717) is 6.54 Å². The molecule has 0 bridgehead atoms. The van der Waals surface area contributed by atoms with Crippen LogP contribution in [0, 0.1) is 12.8 Å². The Labute approximate surface area is 154 Å². The van der Waals surface area contributed by atoms with Gasteiger partial charge in [0.1, 0.15) is 6.54 Å². The fourth-order valence-corrected chi connectivity index (χ4v) is 3.75. The standard InChI is InChI=1S/C22H24N2O2/c1-16-7-5-6-10-20(16)24-14-19(13-17-8-3-2-4-9-17)23(15-21(24)25)22(26)18-11-12-18/h2-10,18-19H,11-15H2,1H3/t19-/m1/s1. The van der Waals surface area contributed by atoms with Gasteiger partial charge >= 0.3 is 0 Å². The average Bonchev–Trinajstić information content (AvgIpc) is 3.49. The van der Waals surface area contributed by atoms with E-state index in [4.69, 9.17) is 0 Å². The van der Waals surface area contributed by atoms with Gasteiger partial charge in [-0.1, -0.05) is 48.5 Å². The molecule has 2 amide bonds. The number of nitrogens with zero attached hydrogens (tertiary/aromatic N) is 2. The Morgan fingerprint density at radius 2 is 1.73 bits per heavy atom. The maximum Gasteiger partial charge on any atom is 0.246 e. The molecule has 2 aromatic rings. The monoisotopic (exact) mass is 348 g/mol. The van der Waals surface area contributed by atoms with Crippen molar-refractivity contribution in [1.29, 1.82) is 0 Å². The Bertz CT molecular complexity index is 814. The summed E-state index contributed by atoms with van der Waals surface area (Å²) in [6.07, 6.45) is 2.70. The number of piperazine rings is 1. The quantitative estimate of drug-likeness (QED) is 0.851.